The van der Waals surface area contributed by atoms with Crippen molar-refractivity contribution in [1.82, 2.24) is 0 Å². The van der Waals surface area contributed by atoms with Gasteiger partial charge in [-0.2, -0.15) is 0 Å². The number of urea groups is 1. The van der Waals surface area contributed by atoms with Gasteiger partial charge < -0.3 is 9.47 Å². The SMILES string of the molecule is CCOc1cc(C=C2C(=O)N(c3ccccc3)C(=O)N(c3ccccc3)C2=O)cc(Br)c1OCc1cccc(Cl)c1. The molecule has 0 saturated carbocycles. The highest BCUT2D eigenvalue weighted by Gasteiger charge is 2.43. The zero-order valence-corrected chi connectivity index (χ0v) is 24.3. The maximum absolute atomic E-state index is 13.7. The van der Waals surface area contributed by atoms with Crippen molar-refractivity contribution in [1.29, 1.82) is 0 Å². The lowest BCUT2D eigenvalue weighted by atomic mass is 10.0. The molecule has 5 rings (SSSR count). The Morgan fingerprint density at radius 2 is 1.39 bits per heavy atom. The first kappa shape index (κ1) is 28.1. The van der Waals surface area contributed by atoms with Gasteiger partial charge in [0.2, 0.25) is 0 Å². The normalized spacial score (nSPS) is 13.4. The van der Waals surface area contributed by atoms with Crippen molar-refractivity contribution in [3.63, 3.8) is 0 Å². The predicted molar refractivity (Wildman–Crippen MR) is 162 cm³/mol. The van der Waals surface area contributed by atoms with Crippen LogP contribution in [0.3, 0.4) is 0 Å². The number of barbiturate groups is 1. The van der Waals surface area contributed by atoms with Crippen molar-refractivity contribution in [2.75, 3.05) is 16.4 Å². The van der Waals surface area contributed by atoms with Gasteiger partial charge in [0, 0.05) is 5.02 Å². The Hall–Kier alpha value is -4.40. The second-order valence-electron chi connectivity index (χ2n) is 8.97. The maximum Gasteiger partial charge on any atom is 0.343 e. The number of imide groups is 2. The molecular weight excluding hydrogens is 608 g/mol. The van der Waals surface area contributed by atoms with E-state index in [2.05, 4.69) is 15.9 Å². The molecule has 1 aliphatic rings. The molecule has 0 aliphatic carbocycles. The summed E-state index contributed by atoms with van der Waals surface area (Å²) < 4.78 is 12.5. The molecule has 0 radical (unpaired) electrons. The van der Waals surface area contributed by atoms with Gasteiger partial charge in [-0.3, -0.25) is 9.59 Å². The van der Waals surface area contributed by atoms with Gasteiger partial charge in [0.15, 0.2) is 11.5 Å². The monoisotopic (exact) mass is 630 g/mol. The van der Waals surface area contributed by atoms with Crippen LogP contribution < -0.4 is 19.3 Å². The van der Waals surface area contributed by atoms with E-state index in [0.717, 1.165) is 15.4 Å². The standard InChI is InChI=1S/C32H24BrClN2O5/c1-2-40-28-19-22(18-27(33)29(28)41-20-21-10-9-11-23(34)16-21)17-26-30(37)35(24-12-5-3-6-13-24)32(39)36(31(26)38)25-14-7-4-8-15-25/h3-19H,2,20H2,1H3. The number of anilines is 2. The summed E-state index contributed by atoms with van der Waals surface area (Å²) in [5.74, 6) is -0.577. The summed E-state index contributed by atoms with van der Waals surface area (Å²) in [5, 5.41) is 0.603. The van der Waals surface area contributed by atoms with Crippen molar-refractivity contribution >= 4 is 62.8 Å². The molecule has 41 heavy (non-hydrogen) atoms. The van der Waals surface area contributed by atoms with Gasteiger partial charge in [-0.1, -0.05) is 60.1 Å². The van der Waals surface area contributed by atoms with Crippen LogP contribution in [-0.2, 0) is 16.2 Å². The van der Waals surface area contributed by atoms with Crippen molar-refractivity contribution in [3.8, 4) is 11.5 Å². The molecule has 0 aromatic heterocycles. The smallest absolute Gasteiger partial charge is 0.343 e. The van der Waals surface area contributed by atoms with Crippen LogP contribution >= 0.6 is 27.5 Å². The van der Waals surface area contributed by atoms with E-state index in [4.69, 9.17) is 21.1 Å². The summed E-state index contributed by atoms with van der Waals surface area (Å²) in [4.78, 5) is 42.9. The first-order valence-corrected chi connectivity index (χ1v) is 13.9. The Morgan fingerprint density at radius 1 is 0.780 bits per heavy atom. The van der Waals surface area contributed by atoms with Crippen LogP contribution in [0.2, 0.25) is 5.02 Å². The molecule has 4 aromatic rings. The van der Waals surface area contributed by atoms with E-state index >= 15 is 0 Å². The molecule has 1 aliphatic heterocycles. The van der Waals surface area contributed by atoms with Crippen LogP contribution in [0.5, 0.6) is 11.5 Å². The zero-order chi connectivity index (χ0) is 28.9. The molecule has 4 aromatic carbocycles. The molecular formula is C32H24BrClN2O5. The largest absolute Gasteiger partial charge is 0.490 e. The van der Waals surface area contributed by atoms with Gasteiger partial charge >= 0.3 is 6.03 Å². The Morgan fingerprint density at radius 3 is 1.95 bits per heavy atom. The van der Waals surface area contributed by atoms with Crippen LogP contribution in [0.25, 0.3) is 6.08 Å². The number of carbonyl (C=O) groups excluding carboxylic acids is 3. The highest BCUT2D eigenvalue weighted by Crippen LogP contribution is 2.39. The highest BCUT2D eigenvalue weighted by atomic mass is 79.9. The van der Waals surface area contributed by atoms with Gasteiger partial charge in [0.25, 0.3) is 11.8 Å². The highest BCUT2D eigenvalue weighted by molar-refractivity contribution is 9.10. The average molecular weight is 632 g/mol. The molecule has 0 unspecified atom stereocenters. The molecule has 1 heterocycles. The number of hydrogen-bond donors (Lipinski definition) is 0. The van der Waals surface area contributed by atoms with Crippen molar-refractivity contribution in [2.45, 2.75) is 13.5 Å². The van der Waals surface area contributed by atoms with E-state index in [-0.39, 0.29) is 12.2 Å². The number of ether oxygens (including phenoxy) is 2. The van der Waals surface area contributed by atoms with Crippen LogP contribution in [-0.4, -0.2) is 24.5 Å². The number of halogens is 2. The maximum atomic E-state index is 13.7. The summed E-state index contributed by atoms with van der Waals surface area (Å²) in [5.41, 5.74) is 1.90. The topological polar surface area (TPSA) is 76.2 Å². The Labute approximate surface area is 250 Å². The molecule has 0 atom stereocenters. The summed E-state index contributed by atoms with van der Waals surface area (Å²) >= 11 is 9.66. The molecule has 7 nitrogen and oxygen atoms in total. The molecule has 1 fully saturated rings. The van der Waals surface area contributed by atoms with Crippen LogP contribution in [0.1, 0.15) is 18.1 Å². The predicted octanol–water partition coefficient (Wildman–Crippen LogP) is 7.66. The molecule has 0 N–H and O–H groups in total. The Bertz CT molecular complexity index is 1580. The van der Waals surface area contributed by atoms with E-state index in [1.807, 2.05) is 25.1 Å². The van der Waals surface area contributed by atoms with Gasteiger partial charge in [-0.05, 0) is 88.6 Å². The molecule has 0 spiro atoms. The molecule has 9 heteroatoms. The number of rotatable bonds is 8. The molecule has 1 saturated heterocycles. The molecule has 206 valence electrons. The Balaban J connectivity index is 1.55. The van der Waals surface area contributed by atoms with Gasteiger partial charge in [0.1, 0.15) is 12.2 Å². The quantitative estimate of drug-likeness (QED) is 0.147. The fourth-order valence-corrected chi connectivity index (χ4v) is 5.15. The number of nitrogens with zero attached hydrogens (tertiary/aromatic N) is 2. The average Bonchev–Trinajstić information content (AvgIpc) is 2.96. The van der Waals surface area contributed by atoms with Crippen LogP contribution in [0.15, 0.2) is 107 Å². The fraction of sp³-hybridized carbons (Fsp3) is 0.0938. The molecule has 4 amide bonds. The van der Waals surface area contributed by atoms with Crippen molar-refractivity contribution in [2.24, 2.45) is 0 Å². The van der Waals surface area contributed by atoms with E-state index in [1.54, 1.807) is 78.9 Å². The Kier molecular flexibility index (Phi) is 8.52. The van der Waals surface area contributed by atoms with Crippen molar-refractivity contribution in [3.05, 3.63) is 123 Å². The second-order valence-corrected chi connectivity index (χ2v) is 10.3. The van der Waals surface area contributed by atoms with Gasteiger partial charge in [-0.25, -0.2) is 14.6 Å². The third-order valence-corrected chi connectivity index (χ3v) is 7.02. The zero-order valence-electron chi connectivity index (χ0n) is 21.9. The van der Waals surface area contributed by atoms with E-state index < -0.39 is 17.8 Å². The second kappa shape index (κ2) is 12.4. The van der Waals surface area contributed by atoms with Crippen LogP contribution in [0.4, 0.5) is 16.2 Å². The van der Waals surface area contributed by atoms with Crippen molar-refractivity contribution < 1.29 is 23.9 Å². The minimum atomic E-state index is -0.754. The lowest BCUT2D eigenvalue weighted by Crippen LogP contribution is -2.57. The first-order chi connectivity index (χ1) is 19.9. The van der Waals surface area contributed by atoms with Crippen LogP contribution in [0, 0.1) is 0 Å². The number of carbonyl (C=O) groups is 3. The van der Waals surface area contributed by atoms with Gasteiger partial charge in [0.05, 0.1) is 22.5 Å². The molecule has 0 bridgehead atoms. The van der Waals surface area contributed by atoms with E-state index in [0.29, 0.717) is 44.5 Å². The first-order valence-electron chi connectivity index (χ1n) is 12.8. The van der Waals surface area contributed by atoms with E-state index in [9.17, 15) is 14.4 Å². The number of hydrogen-bond acceptors (Lipinski definition) is 5. The number of benzene rings is 4. The van der Waals surface area contributed by atoms with E-state index in [1.165, 1.54) is 6.08 Å². The third-order valence-electron chi connectivity index (χ3n) is 6.19. The lowest BCUT2D eigenvalue weighted by Gasteiger charge is -2.34. The summed E-state index contributed by atoms with van der Waals surface area (Å²) in [6.45, 7) is 2.45. The summed E-state index contributed by atoms with van der Waals surface area (Å²) in [6, 6.07) is 27.0. The number of amides is 4. The lowest BCUT2D eigenvalue weighted by molar-refractivity contribution is -0.121. The minimum Gasteiger partial charge on any atom is -0.490 e. The summed E-state index contributed by atoms with van der Waals surface area (Å²) in [7, 11) is 0. The summed E-state index contributed by atoms with van der Waals surface area (Å²) in [6.07, 6.45) is 1.46. The fourth-order valence-electron chi connectivity index (χ4n) is 4.36. The number of para-hydroxylation sites is 2. The van der Waals surface area contributed by atoms with Gasteiger partial charge in [-0.15, -0.1) is 0 Å². The third kappa shape index (κ3) is 6.04. The minimum absolute atomic E-state index is 0.181.